The van der Waals surface area contributed by atoms with E-state index in [-0.39, 0.29) is 4.90 Å². The van der Waals surface area contributed by atoms with Gasteiger partial charge in [0, 0.05) is 26.7 Å². The van der Waals surface area contributed by atoms with Gasteiger partial charge < -0.3 is 10.2 Å². The highest BCUT2D eigenvalue weighted by Crippen LogP contribution is 2.20. The van der Waals surface area contributed by atoms with Crippen molar-refractivity contribution in [3.63, 3.8) is 0 Å². The molecule has 0 spiro atoms. The van der Waals surface area contributed by atoms with Gasteiger partial charge in [0.25, 0.3) is 0 Å². The van der Waals surface area contributed by atoms with Gasteiger partial charge in [-0.05, 0) is 38.3 Å². The quantitative estimate of drug-likeness (QED) is 0.781. The van der Waals surface area contributed by atoms with E-state index in [4.69, 9.17) is 0 Å². The fourth-order valence-electron chi connectivity index (χ4n) is 1.75. The molecule has 120 valence electrons. The second kappa shape index (κ2) is 7.84. The first-order chi connectivity index (χ1) is 9.78. The highest BCUT2D eigenvalue weighted by molar-refractivity contribution is 7.89. The molecular formula is C14H24FN3O2S. The van der Waals surface area contributed by atoms with Crippen LogP contribution in [-0.4, -0.2) is 58.4 Å². The molecule has 0 heterocycles. The topological polar surface area (TPSA) is 52.7 Å². The lowest BCUT2D eigenvalue weighted by atomic mass is 10.2. The predicted octanol–water partition coefficient (Wildman–Crippen LogP) is 1.12. The Morgan fingerprint density at radius 1 is 1.19 bits per heavy atom. The van der Waals surface area contributed by atoms with Crippen molar-refractivity contribution >= 4 is 10.0 Å². The number of benzene rings is 1. The summed E-state index contributed by atoms with van der Waals surface area (Å²) in [5, 5.41) is 3.09. The molecule has 0 aliphatic heterocycles. The third kappa shape index (κ3) is 5.03. The van der Waals surface area contributed by atoms with Gasteiger partial charge in [-0.15, -0.1) is 0 Å². The molecular weight excluding hydrogens is 293 g/mol. The van der Waals surface area contributed by atoms with Crippen LogP contribution >= 0.6 is 0 Å². The molecule has 0 fully saturated rings. The summed E-state index contributed by atoms with van der Waals surface area (Å²) >= 11 is 0. The molecule has 7 heteroatoms. The third-order valence-corrected chi connectivity index (χ3v) is 5.00. The average Bonchev–Trinajstić information content (AvgIpc) is 2.43. The molecule has 1 aromatic carbocycles. The number of halogens is 1. The van der Waals surface area contributed by atoms with Gasteiger partial charge in [0.15, 0.2) is 0 Å². The van der Waals surface area contributed by atoms with E-state index >= 15 is 0 Å². The van der Waals surface area contributed by atoms with E-state index in [9.17, 15) is 12.8 Å². The number of nitrogens with zero attached hydrogens (tertiary/aromatic N) is 2. The van der Waals surface area contributed by atoms with Crippen LogP contribution in [0.25, 0.3) is 0 Å². The Balaban J connectivity index is 3.00. The molecule has 21 heavy (non-hydrogen) atoms. The minimum atomic E-state index is -3.81. The molecule has 5 nitrogen and oxygen atoms in total. The molecule has 1 N–H and O–H groups in total. The van der Waals surface area contributed by atoms with Crippen molar-refractivity contribution in [3.05, 3.63) is 29.6 Å². The number of rotatable bonds is 8. The Bertz CT molecular complexity index is 561. The normalized spacial score (nSPS) is 12.3. The largest absolute Gasteiger partial charge is 0.313 e. The lowest BCUT2D eigenvalue weighted by Crippen LogP contribution is -2.34. The summed E-state index contributed by atoms with van der Waals surface area (Å²) in [7, 11) is 1.38. The van der Waals surface area contributed by atoms with Crippen LogP contribution < -0.4 is 5.32 Å². The van der Waals surface area contributed by atoms with Crippen molar-refractivity contribution in [2.75, 3.05) is 40.8 Å². The van der Waals surface area contributed by atoms with Crippen molar-refractivity contribution < 1.29 is 12.8 Å². The number of hydrogen-bond acceptors (Lipinski definition) is 4. The van der Waals surface area contributed by atoms with E-state index in [2.05, 4.69) is 5.32 Å². The fourth-order valence-corrected chi connectivity index (χ4v) is 3.03. The predicted molar refractivity (Wildman–Crippen MR) is 82.2 cm³/mol. The second-order valence-electron chi connectivity index (χ2n) is 5.17. The number of sulfonamides is 1. The molecule has 0 aliphatic rings. The fraction of sp³-hybridized carbons (Fsp3) is 0.571. The van der Waals surface area contributed by atoms with Gasteiger partial charge in [0.05, 0.1) is 0 Å². The summed E-state index contributed by atoms with van der Waals surface area (Å²) in [6, 6.07) is 4.20. The molecule has 0 aliphatic carbocycles. The molecule has 0 saturated carbocycles. The Morgan fingerprint density at radius 2 is 1.86 bits per heavy atom. The van der Waals surface area contributed by atoms with Gasteiger partial charge in [-0.2, -0.15) is 4.31 Å². The standard InChI is InChI=1S/C14H24FN3O2S/c1-5-16-11-12-6-7-13(15)14(10-12)21(19,20)18(4)9-8-17(2)3/h6-7,10,16H,5,8-9,11H2,1-4H3. The number of hydrogen-bond donors (Lipinski definition) is 1. The Morgan fingerprint density at radius 3 is 2.43 bits per heavy atom. The zero-order valence-corrected chi connectivity index (χ0v) is 13.9. The van der Waals surface area contributed by atoms with Crippen LogP contribution in [0.4, 0.5) is 4.39 Å². The summed E-state index contributed by atoms with van der Waals surface area (Å²) in [5.74, 6) is -0.716. The van der Waals surface area contributed by atoms with Crippen LogP contribution in [0.2, 0.25) is 0 Å². The van der Waals surface area contributed by atoms with Crippen molar-refractivity contribution in [1.29, 1.82) is 0 Å². The zero-order chi connectivity index (χ0) is 16.0. The van der Waals surface area contributed by atoms with Crippen LogP contribution in [-0.2, 0) is 16.6 Å². The van der Waals surface area contributed by atoms with Gasteiger partial charge >= 0.3 is 0 Å². The van der Waals surface area contributed by atoms with Crippen LogP contribution in [0.3, 0.4) is 0 Å². The SMILES string of the molecule is CCNCc1ccc(F)c(S(=O)(=O)N(C)CCN(C)C)c1. The van der Waals surface area contributed by atoms with Gasteiger partial charge in [-0.1, -0.05) is 13.0 Å². The molecule has 1 rings (SSSR count). The summed E-state index contributed by atoms with van der Waals surface area (Å²) in [5.41, 5.74) is 0.748. The molecule has 0 radical (unpaired) electrons. The first kappa shape index (κ1) is 18.0. The second-order valence-corrected chi connectivity index (χ2v) is 7.19. The Hall–Kier alpha value is -1.02. The molecule has 0 aromatic heterocycles. The highest BCUT2D eigenvalue weighted by Gasteiger charge is 2.24. The van der Waals surface area contributed by atoms with Crippen LogP contribution in [0.5, 0.6) is 0 Å². The molecule has 1 aromatic rings. The van der Waals surface area contributed by atoms with E-state index in [0.717, 1.165) is 12.1 Å². The van der Waals surface area contributed by atoms with E-state index in [0.29, 0.717) is 19.6 Å². The van der Waals surface area contributed by atoms with Crippen molar-refractivity contribution in [2.24, 2.45) is 0 Å². The minimum Gasteiger partial charge on any atom is -0.313 e. The average molecular weight is 317 g/mol. The van der Waals surface area contributed by atoms with Gasteiger partial charge in [-0.3, -0.25) is 0 Å². The Kier molecular flexibility index (Phi) is 6.73. The van der Waals surface area contributed by atoms with E-state index in [1.54, 1.807) is 6.07 Å². The van der Waals surface area contributed by atoms with Gasteiger partial charge in [0.2, 0.25) is 10.0 Å². The minimum absolute atomic E-state index is 0.265. The highest BCUT2D eigenvalue weighted by atomic mass is 32.2. The maximum atomic E-state index is 13.9. The molecule has 0 unspecified atom stereocenters. The van der Waals surface area contributed by atoms with Crippen LogP contribution in [0, 0.1) is 5.82 Å². The van der Waals surface area contributed by atoms with E-state index in [1.807, 2.05) is 25.9 Å². The van der Waals surface area contributed by atoms with Crippen molar-refractivity contribution in [2.45, 2.75) is 18.4 Å². The first-order valence-corrected chi connectivity index (χ1v) is 8.33. The summed E-state index contributed by atoms with van der Waals surface area (Å²) in [4.78, 5) is 1.61. The molecule has 0 bridgehead atoms. The maximum absolute atomic E-state index is 13.9. The monoisotopic (exact) mass is 317 g/mol. The lowest BCUT2D eigenvalue weighted by Gasteiger charge is -2.20. The Labute approximate surface area is 126 Å². The number of likely N-dealkylation sites (N-methyl/N-ethyl adjacent to an activating group) is 2. The van der Waals surface area contributed by atoms with Crippen molar-refractivity contribution in [3.8, 4) is 0 Å². The van der Waals surface area contributed by atoms with E-state index < -0.39 is 15.8 Å². The third-order valence-electron chi connectivity index (χ3n) is 3.13. The van der Waals surface area contributed by atoms with Crippen molar-refractivity contribution in [1.82, 2.24) is 14.5 Å². The summed E-state index contributed by atoms with van der Waals surface area (Å²) in [6.07, 6.45) is 0. The maximum Gasteiger partial charge on any atom is 0.245 e. The molecule has 0 amide bonds. The smallest absolute Gasteiger partial charge is 0.245 e. The molecule has 0 atom stereocenters. The lowest BCUT2D eigenvalue weighted by molar-refractivity contribution is 0.357. The van der Waals surface area contributed by atoms with E-state index in [1.165, 1.54) is 23.5 Å². The van der Waals surface area contributed by atoms with Crippen LogP contribution in [0.1, 0.15) is 12.5 Å². The summed E-state index contributed by atoms with van der Waals surface area (Å²) in [6.45, 7) is 4.12. The van der Waals surface area contributed by atoms with Crippen LogP contribution in [0.15, 0.2) is 23.1 Å². The van der Waals surface area contributed by atoms with Gasteiger partial charge in [-0.25, -0.2) is 12.8 Å². The first-order valence-electron chi connectivity index (χ1n) is 6.89. The zero-order valence-electron chi connectivity index (χ0n) is 13.1. The summed E-state index contributed by atoms with van der Waals surface area (Å²) < 4.78 is 40.0. The molecule has 0 saturated heterocycles. The van der Waals surface area contributed by atoms with Gasteiger partial charge in [0.1, 0.15) is 10.7 Å². The number of nitrogens with one attached hydrogen (secondary N) is 1.